The van der Waals surface area contributed by atoms with Crippen LogP contribution in [-0.4, -0.2) is 21.9 Å². The van der Waals surface area contributed by atoms with E-state index in [-0.39, 0.29) is 17.7 Å². The van der Waals surface area contributed by atoms with Crippen molar-refractivity contribution in [1.82, 2.24) is 10.2 Å². The molecular weight excluding hydrogens is 373 g/mol. The van der Waals surface area contributed by atoms with E-state index in [1.54, 1.807) is 17.8 Å². The number of halogens is 2. The fourth-order valence-corrected chi connectivity index (χ4v) is 4.57. The van der Waals surface area contributed by atoms with Crippen LogP contribution < -0.4 is 5.32 Å². The quantitative estimate of drug-likeness (QED) is 0.553. The normalized spacial score (nSPS) is 19.6. The zero-order chi connectivity index (χ0) is 16.4. The second kappa shape index (κ2) is 7.38. The number of carbonyl (C=O) groups is 1. The van der Waals surface area contributed by atoms with E-state index in [2.05, 4.69) is 22.4 Å². The first-order valence-corrected chi connectivity index (χ1v) is 9.85. The Bertz CT molecular complexity index is 702. The van der Waals surface area contributed by atoms with Crippen molar-refractivity contribution in [2.75, 3.05) is 11.1 Å². The Balaban J connectivity index is 1.58. The van der Waals surface area contributed by atoms with Gasteiger partial charge in [0.15, 0.2) is 4.34 Å². The summed E-state index contributed by atoms with van der Waals surface area (Å²) in [6, 6.07) is 5.44. The van der Waals surface area contributed by atoms with Crippen LogP contribution in [0.1, 0.15) is 31.2 Å². The Morgan fingerprint density at radius 2 is 2.09 bits per heavy atom. The molecule has 1 N–H and O–H groups in total. The Morgan fingerprint density at radius 1 is 1.35 bits per heavy atom. The number of carbonyl (C=O) groups excluding carboxylic acids is 1. The number of amides is 1. The molecule has 0 bridgehead atoms. The topological polar surface area (TPSA) is 54.9 Å². The van der Waals surface area contributed by atoms with Crippen molar-refractivity contribution in [3.05, 3.63) is 33.8 Å². The molecule has 1 saturated carbocycles. The van der Waals surface area contributed by atoms with E-state index >= 15 is 0 Å². The second-order valence-electron chi connectivity index (χ2n) is 5.36. The third-order valence-electron chi connectivity index (χ3n) is 3.51. The van der Waals surface area contributed by atoms with Gasteiger partial charge in [-0.05, 0) is 42.5 Å². The summed E-state index contributed by atoms with van der Waals surface area (Å²) in [5.74, 6) is 1.10. The second-order valence-corrected chi connectivity index (χ2v) is 8.55. The molecule has 122 valence electrons. The lowest BCUT2D eigenvalue weighted by atomic mass is 10.1. The predicted molar refractivity (Wildman–Crippen MR) is 96.9 cm³/mol. The smallest absolute Gasteiger partial charge is 0.229 e. The molecular formula is C15H15Cl2N3OS2. The molecule has 3 rings (SSSR count). The van der Waals surface area contributed by atoms with Crippen molar-refractivity contribution in [1.29, 1.82) is 0 Å². The first-order valence-electron chi connectivity index (χ1n) is 7.30. The van der Waals surface area contributed by atoms with Crippen molar-refractivity contribution >= 4 is 57.3 Å². The highest BCUT2D eigenvalue weighted by atomic mass is 35.5. The molecule has 1 aromatic heterocycles. The molecule has 1 aliphatic rings. The van der Waals surface area contributed by atoms with Crippen molar-refractivity contribution in [3.8, 4) is 0 Å². The summed E-state index contributed by atoms with van der Waals surface area (Å²) in [5.41, 5.74) is 1.01. The Kier molecular flexibility index (Phi) is 5.46. The number of nitrogens with one attached hydrogen (secondary N) is 1. The highest BCUT2D eigenvalue weighted by Crippen LogP contribution is 2.49. The van der Waals surface area contributed by atoms with E-state index < -0.39 is 0 Å². The molecule has 1 aromatic carbocycles. The van der Waals surface area contributed by atoms with Gasteiger partial charge < -0.3 is 5.32 Å². The van der Waals surface area contributed by atoms with Crippen LogP contribution in [0, 0.1) is 5.92 Å². The summed E-state index contributed by atoms with van der Waals surface area (Å²) < 4.78 is 0.885. The standard InChI is InChI=1S/C15H15Cl2N3OS2/c1-2-3-22-15-20-19-14(23-15)18-13(21)12-7-11(12)8-4-9(16)6-10(17)5-8/h4-6,11-12H,2-3,7H2,1H3,(H,18,19,21)/t11-,12-/m1/s1. The Morgan fingerprint density at radius 3 is 2.78 bits per heavy atom. The van der Waals surface area contributed by atoms with Crippen LogP contribution in [0.25, 0.3) is 0 Å². The third kappa shape index (κ3) is 4.38. The molecule has 0 unspecified atom stereocenters. The SMILES string of the molecule is CCCSc1nnc(NC(=O)[C@@H]2C[C@@H]2c2cc(Cl)cc(Cl)c2)s1. The monoisotopic (exact) mass is 387 g/mol. The third-order valence-corrected chi connectivity index (χ3v) is 6.12. The maximum atomic E-state index is 12.3. The summed E-state index contributed by atoms with van der Waals surface area (Å²) >= 11 is 15.1. The van der Waals surface area contributed by atoms with Crippen molar-refractivity contribution in [3.63, 3.8) is 0 Å². The fraction of sp³-hybridized carbons (Fsp3) is 0.400. The van der Waals surface area contributed by atoms with Gasteiger partial charge in [0.2, 0.25) is 11.0 Å². The van der Waals surface area contributed by atoms with Gasteiger partial charge in [-0.1, -0.05) is 53.2 Å². The molecule has 0 aliphatic heterocycles. The van der Waals surface area contributed by atoms with Gasteiger partial charge in [0.25, 0.3) is 0 Å². The van der Waals surface area contributed by atoms with E-state index in [9.17, 15) is 4.79 Å². The van der Waals surface area contributed by atoms with Gasteiger partial charge in [-0.15, -0.1) is 10.2 Å². The van der Waals surface area contributed by atoms with Gasteiger partial charge in [0, 0.05) is 21.7 Å². The lowest BCUT2D eigenvalue weighted by Gasteiger charge is -2.03. The largest absolute Gasteiger partial charge is 0.300 e. The zero-order valence-corrected chi connectivity index (χ0v) is 15.5. The van der Waals surface area contributed by atoms with Gasteiger partial charge in [0.1, 0.15) is 0 Å². The maximum Gasteiger partial charge on any atom is 0.229 e. The molecule has 1 amide bonds. The average Bonchev–Trinajstić information content (AvgIpc) is 3.19. The minimum atomic E-state index is -0.0554. The predicted octanol–water partition coefficient (Wildman–Crippen LogP) is 5.09. The van der Waals surface area contributed by atoms with Crippen LogP contribution in [0.15, 0.2) is 22.5 Å². The molecule has 0 radical (unpaired) electrons. The lowest BCUT2D eigenvalue weighted by Crippen LogP contribution is -2.14. The van der Waals surface area contributed by atoms with E-state index in [4.69, 9.17) is 23.2 Å². The van der Waals surface area contributed by atoms with Crippen LogP contribution in [0.2, 0.25) is 10.0 Å². The van der Waals surface area contributed by atoms with E-state index in [0.29, 0.717) is 15.2 Å². The number of hydrogen-bond acceptors (Lipinski definition) is 5. The van der Waals surface area contributed by atoms with Gasteiger partial charge in [-0.25, -0.2) is 0 Å². The summed E-state index contributed by atoms with van der Waals surface area (Å²) in [7, 11) is 0. The highest BCUT2D eigenvalue weighted by molar-refractivity contribution is 8.01. The number of benzene rings is 1. The number of nitrogens with zero attached hydrogens (tertiary/aromatic N) is 2. The van der Waals surface area contributed by atoms with Crippen molar-refractivity contribution in [2.45, 2.75) is 30.0 Å². The number of thioether (sulfide) groups is 1. The summed E-state index contributed by atoms with van der Waals surface area (Å²) in [6.45, 7) is 2.12. The van der Waals surface area contributed by atoms with Crippen LogP contribution in [0.4, 0.5) is 5.13 Å². The van der Waals surface area contributed by atoms with Crippen LogP contribution >= 0.6 is 46.3 Å². The van der Waals surface area contributed by atoms with Gasteiger partial charge in [-0.3, -0.25) is 4.79 Å². The zero-order valence-electron chi connectivity index (χ0n) is 12.4. The van der Waals surface area contributed by atoms with E-state index in [1.165, 1.54) is 11.3 Å². The van der Waals surface area contributed by atoms with E-state index in [1.807, 2.05) is 12.1 Å². The number of rotatable bonds is 6. The van der Waals surface area contributed by atoms with Crippen molar-refractivity contribution < 1.29 is 4.79 Å². The molecule has 8 heteroatoms. The first kappa shape index (κ1) is 17.0. The highest BCUT2D eigenvalue weighted by Gasteiger charge is 2.44. The molecule has 0 saturated heterocycles. The van der Waals surface area contributed by atoms with E-state index in [0.717, 1.165) is 28.5 Å². The van der Waals surface area contributed by atoms with Crippen LogP contribution in [-0.2, 0) is 4.79 Å². The van der Waals surface area contributed by atoms with Gasteiger partial charge >= 0.3 is 0 Å². The molecule has 1 fully saturated rings. The average molecular weight is 388 g/mol. The minimum Gasteiger partial charge on any atom is -0.300 e. The molecule has 23 heavy (non-hydrogen) atoms. The van der Waals surface area contributed by atoms with Gasteiger partial charge in [-0.2, -0.15) is 0 Å². The summed E-state index contributed by atoms with van der Waals surface area (Å²) in [5, 5.41) is 12.7. The Hall–Kier alpha value is -0.820. The Labute approximate surface area is 153 Å². The number of hydrogen-bond donors (Lipinski definition) is 1. The molecule has 1 heterocycles. The van der Waals surface area contributed by atoms with Crippen molar-refractivity contribution in [2.24, 2.45) is 5.92 Å². The molecule has 2 aromatic rings. The molecule has 4 nitrogen and oxygen atoms in total. The lowest BCUT2D eigenvalue weighted by molar-refractivity contribution is -0.117. The first-order chi connectivity index (χ1) is 11.1. The van der Waals surface area contributed by atoms with Crippen LogP contribution in [0.3, 0.4) is 0 Å². The molecule has 2 atom stereocenters. The minimum absolute atomic E-state index is 0.0192. The summed E-state index contributed by atoms with van der Waals surface area (Å²) in [6.07, 6.45) is 1.89. The maximum absolute atomic E-state index is 12.3. The van der Waals surface area contributed by atoms with Gasteiger partial charge in [0.05, 0.1) is 0 Å². The van der Waals surface area contributed by atoms with Crippen LogP contribution in [0.5, 0.6) is 0 Å². The molecule has 1 aliphatic carbocycles. The fourth-order valence-electron chi connectivity index (χ4n) is 2.35. The number of anilines is 1. The number of aromatic nitrogens is 2. The molecule has 0 spiro atoms. The summed E-state index contributed by atoms with van der Waals surface area (Å²) in [4.78, 5) is 12.3.